The first-order valence-corrected chi connectivity index (χ1v) is 7.37. The third-order valence-electron chi connectivity index (χ3n) is 2.64. The molecule has 0 atom stereocenters. The Bertz CT molecular complexity index is 471. The molecular formula is C13H21N3O3S. The highest BCUT2D eigenvalue weighted by molar-refractivity contribution is 7.15. The number of ether oxygens (including phenoxy) is 1. The fraction of sp³-hybridized carbons (Fsp3) is 0.538. The van der Waals surface area contributed by atoms with E-state index in [1.807, 2.05) is 0 Å². The molecule has 0 saturated carbocycles. The Balaban J connectivity index is 2.79. The number of primary amides is 1. The van der Waals surface area contributed by atoms with Crippen molar-refractivity contribution in [1.82, 2.24) is 4.90 Å². The van der Waals surface area contributed by atoms with Gasteiger partial charge in [-0.2, -0.15) is 0 Å². The largest absolute Gasteiger partial charge is 0.492 e. The predicted octanol–water partition coefficient (Wildman–Crippen LogP) is 2.51. The minimum atomic E-state index is -0.606. The Morgan fingerprint density at radius 3 is 2.65 bits per heavy atom. The van der Waals surface area contributed by atoms with Crippen LogP contribution in [0.5, 0.6) is 5.75 Å². The Hall–Kier alpha value is -1.76. The van der Waals surface area contributed by atoms with Crippen LogP contribution in [0.1, 0.15) is 36.5 Å². The zero-order valence-electron chi connectivity index (χ0n) is 12.1. The number of nitrogens with one attached hydrogen (secondary N) is 1. The molecule has 3 amide bonds. The van der Waals surface area contributed by atoms with Gasteiger partial charge in [0.15, 0.2) is 0 Å². The van der Waals surface area contributed by atoms with E-state index in [2.05, 4.69) is 12.2 Å². The van der Waals surface area contributed by atoms with Crippen molar-refractivity contribution in [2.45, 2.75) is 26.2 Å². The number of nitrogens with two attached hydrogens (primary N) is 1. The molecule has 0 saturated heterocycles. The maximum atomic E-state index is 11.6. The van der Waals surface area contributed by atoms with E-state index in [-0.39, 0.29) is 11.6 Å². The molecule has 7 heteroatoms. The minimum absolute atomic E-state index is 0.238. The second kappa shape index (κ2) is 7.74. The summed E-state index contributed by atoms with van der Waals surface area (Å²) >= 11 is 1.23. The van der Waals surface area contributed by atoms with Crippen LogP contribution in [0.4, 0.5) is 9.80 Å². The second-order valence-corrected chi connectivity index (χ2v) is 5.43. The van der Waals surface area contributed by atoms with Gasteiger partial charge in [-0.05, 0) is 6.42 Å². The molecule has 0 aromatic carbocycles. The topological polar surface area (TPSA) is 84.7 Å². The van der Waals surface area contributed by atoms with Gasteiger partial charge in [0, 0.05) is 19.5 Å². The molecule has 20 heavy (non-hydrogen) atoms. The van der Waals surface area contributed by atoms with Crippen LogP contribution in [-0.2, 0) is 0 Å². The summed E-state index contributed by atoms with van der Waals surface area (Å²) < 4.78 is 5.57. The van der Waals surface area contributed by atoms with Crippen LogP contribution < -0.4 is 15.8 Å². The van der Waals surface area contributed by atoms with E-state index in [4.69, 9.17) is 10.5 Å². The van der Waals surface area contributed by atoms with E-state index in [1.165, 1.54) is 16.2 Å². The van der Waals surface area contributed by atoms with Gasteiger partial charge < -0.3 is 15.4 Å². The monoisotopic (exact) mass is 299 g/mol. The Labute approximate surface area is 122 Å². The fourth-order valence-electron chi connectivity index (χ4n) is 1.52. The van der Waals surface area contributed by atoms with Gasteiger partial charge in [0.1, 0.15) is 16.3 Å². The quantitative estimate of drug-likeness (QED) is 0.759. The van der Waals surface area contributed by atoms with Gasteiger partial charge in [0.05, 0.1) is 6.61 Å². The van der Waals surface area contributed by atoms with E-state index in [0.717, 1.165) is 19.3 Å². The molecule has 112 valence electrons. The lowest BCUT2D eigenvalue weighted by Gasteiger charge is -2.12. The molecule has 0 radical (unpaired) electrons. The molecule has 1 rings (SSSR count). The van der Waals surface area contributed by atoms with Crippen molar-refractivity contribution in [3.05, 3.63) is 10.9 Å². The normalized spacial score (nSPS) is 10.2. The summed E-state index contributed by atoms with van der Waals surface area (Å²) in [5, 5.41) is 4.75. The average Bonchev–Trinajstić information content (AvgIpc) is 2.77. The SMILES string of the molecule is CCCCCOc1csc(NC(=O)N(C)C)c1C(N)=O. The Morgan fingerprint density at radius 1 is 1.40 bits per heavy atom. The van der Waals surface area contributed by atoms with Crippen LogP contribution in [0.3, 0.4) is 0 Å². The van der Waals surface area contributed by atoms with Crippen molar-refractivity contribution < 1.29 is 14.3 Å². The summed E-state index contributed by atoms with van der Waals surface area (Å²) in [6.07, 6.45) is 3.09. The number of carbonyl (C=O) groups excluding carboxylic acids is 2. The van der Waals surface area contributed by atoms with E-state index in [9.17, 15) is 9.59 Å². The van der Waals surface area contributed by atoms with Crippen LogP contribution >= 0.6 is 11.3 Å². The van der Waals surface area contributed by atoms with Crippen molar-refractivity contribution in [1.29, 1.82) is 0 Å². The van der Waals surface area contributed by atoms with Gasteiger partial charge in [-0.1, -0.05) is 19.8 Å². The second-order valence-electron chi connectivity index (χ2n) is 4.55. The van der Waals surface area contributed by atoms with Crippen LogP contribution in [0.15, 0.2) is 5.38 Å². The zero-order chi connectivity index (χ0) is 15.1. The molecule has 1 heterocycles. The molecule has 0 fully saturated rings. The van der Waals surface area contributed by atoms with Gasteiger partial charge in [-0.3, -0.25) is 10.1 Å². The van der Waals surface area contributed by atoms with Crippen molar-refractivity contribution >= 4 is 28.3 Å². The number of anilines is 1. The van der Waals surface area contributed by atoms with Gasteiger partial charge in [0.25, 0.3) is 5.91 Å². The Morgan fingerprint density at radius 2 is 2.10 bits per heavy atom. The lowest BCUT2D eigenvalue weighted by Crippen LogP contribution is -2.28. The van der Waals surface area contributed by atoms with Crippen molar-refractivity contribution in [2.24, 2.45) is 5.73 Å². The molecule has 0 spiro atoms. The highest BCUT2D eigenvalue weighted by Gasteiger charge is 2.20. The molecule has 1 aromatic rings. The molecular weight excluding hydrogens is 278 g/mol. The summed E-state index contributed by atoms with van der Waals surface area (Å²) in [6.45, 7) is 2.64. The number of hydrogen-bond acceptors (Lipinski definition) is 4. The summed E-state index contributed by atoms with van der Waals surface area (Å²) in [6, 6.07) is -0.313. The number of unbranched alkanes of at least 4 members (excludes halogenated alkanes) is 2. The third-order valence-corrected chi connectivity index (χ3v) is 3.51. The standard InChI is InChI=1S/C13H21N3O3S/c1-4-5-6-7-19-9-8-20-12(10(9)11(14)17)15-13(18)16(2)3/h8H,4-7H2,1-3H3,(H2,14,17)(H,15,18). The number of urea groups is 1. The number of rotatable bonds is 7. The van der Waals surface area contributed by atoms with Crippen molar-refractivity contribution in [2.75, 3.05) is 26.0 Å². The van der Waals surface area contributed by atoms with Gasteiger partial charge in [-0.25, -0.2) is 4.79 Å². The third kappa shape index (κ3) is 4.41. The maximum absolute atomic E-state index is 11.6. The molecule has 0 unspecified atom stereocenters. The van der Waals surface area contributed by atoms with Crippen LogP contribution in [0.25, 0.3) is 0 Å². The molecule has 0 aliphatic carbocycles. The number of amides is 3. The molecule has 0 aliphatic rings. The first kappa shape index (κ1) is 16.3. The summed E-state index contributed by atoms with van der Waals surface area (Å²) in [7, 11) is 3.24. The highest BCUT2D eigenvalue weighted by Crippen LogP contribution is 2.34. The van der Waals surface area contributed by atoms with E-state index >= 15 is 0 Å². The van der Waals surface area contributed by atoms with Crippen molar-refractivity contribution in [3.63, 3.8) is 0 Å². The smallest absolute Gasteiger partial charge is 0.321 e. The van der Waals surface area contributed by atoms with Crippen LogP contribution in [-0.4, -0.2) is 37.5 Å². The Kier molecular flexibility index (Phi) is 6.30. The molecule has 0 bridgehead atoms. The van der Waals surface area contributed by atoms with Gasteiger partial charge in [-0.15, -0.1) is 11.3 Å². The first-order valence-electron chi connectivity index (χ1n) is 6.49. The highest BCUT2D eigenvalue weighted by atomic mass is 32.1. The molecule has 3 N–H and O–H groups in total. The number of hydrogen-bond donors (Lipinski definition) is 2. The van der Waals surface area contributed by atoms with E-state index in [1.54, 1.807) is 19.5 Å². The molecule has 6 nitrogen and oxygen atoms in total. The first-order chi connectivity index (χ1) is 9.47. The minimum Gasteiger partial charge on any atom is -0.492 e. The van der Waals surface area contributed by atoms with Gasteiger partial charge in [0.2, 0.25) is 0 Å². The average molecular weight is 299 g/mol. The van der Waals surface area contributed by atoms with Crippen LogP contribution in [0, 0.1) is 0 Å². The van der Waals surface area contributed by atoms with E-state index < -0.39 is 5.91 Å². The number of thiophene rings is 1. The fourth-order valence-corrected chi connectivity index (χ4v) is 2.39. The predicted molar refractivity (Wildman–Crippen MR) is 80.6 cm³/mol. The number of carbonyl (C=O) groups is 2. The van der Waals surface area contributed by atoms with E-state index in [0.29, 0.717) is 17.4 Å². The van der Waals surface area contributed by atoms with Crippen molar-refractivity contribution in [3.8, 4) is 5.75 Å². The summed E-state index contributed by atoms with van der Waals surface area (Å²) in [5.74, 6) is -0.168. The summed E-state index contributed by atoms with van der Waals surface area (Å²) in [5.41, 5.74) is 5.60. The zero-order valence-corrected chi connectivity index (χ0v) is 12.9. The molecule has 1 aromatic heterocycles. The lowest BCUT2D eigenvalue weighted by atomic mass is 10.2. The summed E-state index contributed by atoms with van der Waals surface area (Å²) in [4.78, 5) is 24.5. The maximum Gasteiger partial charge on any atom is 0.321 e. The van der Waals surface area contributed by atoms with Gasteiger partial charge >= 0.3 is 6.03 Å². The number of nitrogens with zero attached hydrogens (tertiary/aromatic N) is 1. The van der Waals surface area contributed by atoms with Crippen LogP contribution in [0.2, 0.25) is 0 Å². The molecule has 0 aliphatic heterocycles. The lowest BCUT2D eigenvalue weighted by molar-refractivity contribution is 0.0997.